The predicted molar refractivity (Wildman–Crippen MR) is 95.6 cm³/mol. The maximum Gasteiger partial charge on any atom is 0.358 e. The largest absolute Gasteiger partial charge is 0.456 e. The maximum absolute atomic E-state index is 12.0. The molecular weight excluding hydrogens is 355 g/mol. The number of rotatable bonds is 7. The molecule has 4 nitrogen and oxygen atoms in total. The number of carbonyl (C=O) groups is 1. The van der Waals surface area contributed by atoms with Crippen LogP contribution < -0.4 is 5.32 Å². The second-order valence-electron chi connectivity index (χ2n) is 5.42. The Bertz CT molecular complexity index is 654. The molecule has 0 amide bonds. The van der Waals surface area contributed by atoms with Crippen LogP contribution in [-0.2, 0) is 11.3 Å². The Morgan fingerprint density at radius 1 is 1.35 bits per heavy atom. The van der Waals surface area contributed by atoms with Gasteiger partial charge < -0.3 is 10.1 Å². The molecule has 0 radical (unpaired) electrons. The average Bonchev–Trinajstić information content (AvgIpc) is 2.95. The van der Waals surface area contributed by atoms with Crippen molar-refractivity contribution in [1.29, 1.82) is 0 Å². The number of halogens is 2. The van der Waals surface area contributed by atoms with Crippen LogP contribution in [0.3, 0.4) is 0 Å². The van der Waals surface area contributed by atoms with Crippen molar-refractivity contribution in [1.82, 2.24) is 4.98 Å². The van der Waals surface area contributed by atoms with E-state index in [4.69, 9.17) is 27.9 Å². The topological polar surface area (TPSA) is 51.2 Å². The number of ether oxygens (including phenoxy) is 1. The van der Waals surface area contributed by atoms with Gasteiger partial charge in [-0.25, -0.2) is 9.78 Å². The molecule has 1 heterocycles. The highest BCUT2D eigenvalue weighted by molar-refractivity contribution is 7.13. The van der Waals surface area contributed by atoms with Crippen molar-refractivity contribution < 1.29 is 9.53 Å². The fraction of sp³-hybridized carbons (Fsp3) is 0.375. The number of benzene rings is 1. The molecule has 1 aromatic heterocycles. The molecular formula is C16H18Cl2N2O2S. The summed E-state index contributed by atoms with van der Waals surface area (Å²) in [4.78, 5) is 16.3. The first-order chi connectivity index (χ1) is 11.0. The summed E-state index contributed by atoms with van der Waals surface area (Å²) in [6, 6.07) is 5.15. The Morgan fingerprint density at radius 3 is 2.70 bits per heavy atom. The van der Waals surface area contributed by atoms with Crippen molar-refractivity contribution >= 4 is 45.6 Å². The lowest BCUT2D eigenvalue weighted by atomic mass is 10.1. The minimum Gasteiger partial charge on any atom is -0.456 e. The lowest BCUT2D eigenvalue weighted by Crippen LogP contribution is -2.08. The molecule has 0 aliphatic carbocycles. The van der Waals surface area contributed by atoms with Crippen molar-refractivity contribution in [2.24, 2.45) is 5.92 Å². The fourth-order valence-corrected chi connectivity index (χ4v) is 3.01. The van der Waals surface area contributed by atoms with E-state index in [-0.39, 0.29) is 12.3 Å². The summed E-state index contributed by atoms with van der Waals surface area (Å²) in [5.74, 6) is 0.126. The number of hydrogen-bond donors (Lipinski definition) is 1. The van der Waals surface area contributed by atoms with Gasteiger partial charge in [-0.1, -0.05) is 43.1 Å². The zero-order chi connectivity index (χ0) is 16.8. The Hall–Kier alpha value is -1.30. The monoisotopic (exact) mass is 372 g/mol. The molecule has 2 rings (SSSR count). The van der Waals surface area contributed by atoms with Crippen molar-refractivity contribution in [3.8, 4) is 0 Å². The zero-order valence-corrected chi connectivity index (χ0v) is 15.3. The molecule has 0 saturated carbocycles. The first-order valence-electron chi connectivity index (χ1n) is 7.26. The molecule has 0 saturated heterocycles. The zero-order valence-electron chi connectivity index (χ0n) is 12.9. The van der Waals surface area contributed by atoms with Crippen molar-refractivity contribution in [3.63, 3.8) is 0 Å². The maximum atomic E-state index is 12.0. The molecule has 1 N–H and O–H groups in total. The Kier molecular flexibility index (Phi) is 6.69. The lowest BCUT2D eigenvalue weighted by molar-refractivity contribution is 0.0467. The summed E-state index contributed by atoms with van der Waals surface area (Å²) < 4.78 is 5.24. The molecule has 1 aromatic carbocycles. The summed E-state index contributed by atoms with van der Waals surface area (Å²) in [6.07, 6.45) is 1.05. The van der Waals surface area contributed by atoms with Gasteiger partial charge in [0, 0.05) is 27.5 Å². The van der Waals surface area contributed by atoms with Crippen LogP contribution in [-0.4, -0.2) is 17.5 Å². The fourth-order valence-electron chi connectivity index (χ4n) is 1.80. The van der Waals surface area contributed by atoms with E-state index in [0.29, 0.717) is 26.7 Å². The first kappa shape index (κ1) is 18.0. The summed E-state index contributed by atoms with van der Waals surface area (Å²) in [6.45, 7) is 5.16. The van der Waals surface area contributed by atoms with E-state index in [9.17, 15) is 4.79 Å². The normalized spacial score (nSPS) is 10.8. The Balaban J connectivity index is 1.90. The summed E-state index contributed by atoms with van der Waals surface area (Å²) in [5, 5.41) is 6.54. The first-order valence-corrected chi connectivity index (χ1v) is 8.90. The quantitative estimate of drug-likeness (QED) is 0.672. The van der Waals surface area contributed by atoms with Gasteiger partial charge in [-0.2, -0.15) is 0 Å². The number of nitrogens with one attached hydrogen (secondary N) is 1. The number of carbonyl (C=O) groups excluding carboxylic acids is 1. The average molecular weight is 373 g/mol. The second-order valence-corrected chi connectivity index (χ2v) is 7.10. The van der Waals surface area contributed by atoms with Crippen LogP contribution in [0.25, 0.3) is 0 Å². The molecule has 0 fully saturated rings. The lowest BCUT2D eigenvalue weighted by Gasteiger charge is -2.07. The predicted octanol–water partition coefficient (Wildman–Crippen LogP) is 5.26. The van der Waals surface area contributed by atoms with Crippen LogP contribution in [0.4, 0.5) is 5.13 Å². The third kappa shape index (κ3) is 5.37. The molecule has 0 atom stereocenters. The molecule has 124 valence electrons. The molecule has 0 unspecified atom stereocenters. The van der Waals surface area contributed by atoms with E-state index >= 15 is 0 Å². The minimum atomic E-state index is -0.492. The highest BCUT2D eigenvalue weighted by Crippen LogP contribution is 2.25. The van der Waals surface area contributed by atoms with E-state index in [1.807, 2.05) is 0 Å². The van der Waals surface area contributed by atoms with Gasteiger partial charge in [0.05, 0.1) is 0 Å². The highest BCUT2D eigenvalue weighted by Gasteiger charge is 2.14. The van der Waals surface area contributed by atoms with Gasteiger partial charge in [0.25, 0.3) is 0 Å². The smallest absolute Gasteiger partial charge is 0.358 e. The SMILES string of the molecule is CC(C)CCNc1nc(C(=O)OCc2c(Cl)cccc2Cl)cs1. The number of esters is 1. The third-order valence-electron chi connectivity index (χ3n) is 3.12. The van der Waals surface area contributed by atoms with Crippen LogP contribution in [0.2, 0.25) is 10.0 Å². The summed E-state index contributed by atoms with van der Waals surface area (Å²) in [7, 11) is 0. The van der Waals surface area contributed by atoms with E-state index in [2.05, 4.69) is 24.1 Å². The number of anilines is 1. The van der Waals surface area contributed by atoms with Gasteiger partial charge in [0.2, 0.25) is 0 Å². The standard InChI is InChI=1S/C16H18Cl2N2O2S/c1-10(2)6-7-19-16-20-14(9-23-16)15(21)22-8-11-12(17)4-3-5-13(11)18/h3-5,9-10H,6-8H2,1-2H3,(H,19,20). The van der Waals surface area contributed by atoms with Gasteiger partial charge >= 0.3 is 5.97 Å². The van der Waals surface area contributed by atoms with Gasteiger partial charge in [0.15, 0.2) is 10.8 Å². The van der Waals surface area contributed by atoms with E-state index in [1.165, 1.54) is 11.3 Å². The van der Waals surface area contributed by atoms with Crippen LogP contribution in [0, 0.1) is 5.92 Å². The Morgan fingerprint density at radius 2 is 2.04 bits per heavy atom. The molecule has 0 spiro atoms. The van der Waals surface area contributed by atoms with Gasteiger partial charge in [-0.15, -0.1) is 11.3 Å². The highest BCUT2D eigenvalue weighted by atomic mass is 35.5. The Labute approximate surface area is 149 Å². The molecule has 0 aliphatic rings. The molecule has 2 aromatic rings. The molecule has 0 aliphatic heterocycles. The van der Waals surface area contributed by atoms with Crippen LogP contribution in [0.1, 0.15) is 36.3 Å². The van der Waals surface area contributed by atoms with E-state index in [0.717, 1.165) is 13.0 Å². The molecule has 7 heteroatoms. The van der Waals surface area contributed by atoms with E-state index in [1.54, 1.807) is 23.6 Å². The van der Waals surface area contributed by atoms with Crippen LogP contribution >= 0.6 is 34.5 Å². The van der Waals surface area contributed by atoms with E-state index < -0.39 is 5.97 Å². The number of hydrogen-bond acceptors (Lipinski definition) is 5. The van der Waals surface area contributed by atoms with Crippen molar-refractivity contribution in [2.75, 3.05) is 11.9 Å². The summed E-state index contributed by atoms with van der Waals surface area (Å²) >= 11 is 13.5. The van der Waals surface area contributed by atoms with Crippen molar-refractivity contribution in [2.45, 2.75) is 26.9 Å². The van der Waals surface area contributed by atoms with Crippen LogP contribution in [0.5, 0.6) is 0 Å². The summed E-state index contributed by atoms with van der Waals surface area (Å²) in [5.41, 5.74) is 0.875. The van der Waals surface area contributed by atoms with Gasteiger partial charge in [-0.05, 0) is 24.5 Å². The van der Waals surface area contributed by atoms with Gasteiger partial charge in [-0.3, -0.25) is 0 Å². The van der Waals surface area contributed by atoms with Gasteiger partial charge in [0.1, 0.15) is 6.61 Å². The van der Waals surface area contributed by atoms with Crippen molar-refractivity contribution in [3.05, 3.63) is 44.9 Å². The third-order valence-corrected chi connectivity index (χ3v) is 4.63. The minimum absolute atomic E-state index is 0.0188. The second kappa shape index (κ2) is 8.52. The molecule has 0 bridgehead atoms. The number of nitrogens with zero attached hydrogens (tertiary/aromatic N) is 1. The molecule has 23 heavy (non-hydrogen) atoms. The number of aromatic nitrogens is 1. The number of thiazole rings is 1. The van der Waals surface area contributed by atoms with Crippen LogP contribution in [0.15, 0.2) is 23.6 Å².